The summed E-state index contributed by atoms with van der Waals surface area (Å²) >= 11 is 0. The van der Waals surface area contributed by atoms with Gasteiger partial charge >= 0.3 is 5.97 Å². The molecule has 0 radical (unpaired) electrons. The Kier molecular flexibility index (Phi) is 4.24. The summed E-state index contributed by atoms with van der Waals surface area (Å²) in [5, 5.41) is 11.7. The van der Waals surface area contributed by atoms with Gasteiger partial charge in [0.1, 0.15) is 11.9 Å². The van der Waals surface area contributed by atoms with E-state index in [-0.39, 0.29) is 30.8 Å². The molecular weight excluding hydrogens is 262 g/mol. The summed E-state index contributed by atoms with van der Waals surface area (Å²) in [6.07, 6.45) is 0.0779. The number of rotatable bonds is 4. The Balaban J connectivity index is 2.45. The molecule has 0 bridgehead atoms. The molecule has 20 heavy (non-hydrogen) atoms. The molecule has 0 aromatic heterocycles. The fraction of sp³-hybridized carbons (Fsp3) is 0.429. The van der Waals surface area contributed by atoms with Crippen molar-refractivity contribution in [3.05, 3.63) is 28.8 Å². The van der Waals surface area contributed by atoms with Crippen molar-refractivity contribution >= 4 is 11.9 Å². The highest BCUT2D eigenvalue weighted by atomic mass is 16.5. The fourth-order valence-electron chi connectivity index (χ4n) is 2.17. The molecule has 0 spiro atoms. The predicted molar refractivity (Wildman–Crippen MR) is 71.0 cm³/mol. The van der Waals surface area contributed by atoms with Gasteiger partial charge in [-0.1, -0.05) is 0 Å². The molecule has 1 atom stereocenters. The van der Waals surface area contributed by atoms with Crippen LogP contribution in [0.5, 0.6) is 5.75 Å². The van der Waals surface area contributed by atoms with E-state index in [2.05, 4.69) is 5.32 Å². The van der Waals surface area contributed by atoms with Crippen LogP contribution in [-0.2, 0) is 11.2 Å². The van der Waals surface area contributed by atoms with Crippen LogP contribution in [0.4, 0.5) is 0 Å². The molecule has 0 fully saturated rings. The summed E-state index contributed by atoms with van der Waals surface area (Å²) in [7, 11) is 1.50. The molecule has 2 N–H and O–H groups in total. The number of esters is 1. The number of benzene rings is 1. The van der Waals surface area contributed by atoms with Gasteiger partial charge in [-0.25, -0.2) is 4.79 Å². The number of hydrogen-bond acceptors (Lipinski definition) is 5. The first-order valence-corrected chi connectivity index (χ1v) is 6.44. The number of carbonyl (C=O) groups excluding carboxylic acids is 2. The van der Waals surface area contributed by atoms with Gasteiger partial charge in [0.05, 0.1) is 24.3 Å². The van der Waals surface area contributed by atoms with Crippen molar-refractivity contribution in [3.63, 3.8) is 0 Å². The maximum absolute atomic E-state index is 11.9. The van der Waals surface area contributed by atoms with Crippen LogP contribution in [0, 0.1) is 0 Å². The van der Waals surface area contributed by atoms with E-state index in [1.54, 1.807) is 13.0 Å². The summed E-state index contributed by atoms with van der Waals surface area (Å²) in [5.74, 6) is -0.393. The van der Waals surface area contributed by atoms with Crippen LogP contribution in [0.25, 0.3) is 0 Å². The fourth-order valence-corrected chi connectivity index (χ4v) is 2.17. The summed E-state index contributed by atoms with van der Waals surface area (Å²) in [6.45, 7) is 1.84. The Morgan fingerprint density at radius 2 is 2.25 bits per heavy atom. The van der Waals surface area contributed by atoms with Crippen molar-refractivity contribution in [2.45, 2.75) is 19.4 Å². The Hall–Kier alpha value is -2.08. The normalized spacial score (nSPS) is 16.2. The van der Waals surface area contributed by atoms with E-state index >= 15 is 0 Å². The van der Waals surface area contributed by atoms with Crippen LogP contribution >= 0.6 is 0 Å². The highest BCUT2D eigenvalue weighted by Crippen LogP contribution is 2.34. The van der Waals surface area contributed by atoms with Crippen LogP contribution in [0.2, 0.25) is 0 Å². The molecule has 108 valence electrons. The molecule has 0 saturated heterocycles. The quantitative estimate of drug-likeness (QED) is 0.785. The second kappa shape index (κ2) is 5.92. The minimum absolute atomic E-state index is 0.142. The van der Waals surface area contributed by atoms with Crippen LogP contribution < -0.4 is 10.1 Å². The van der Waals surface area contributed by atoms with Gasteiger partial charge < -0.3 is 19.9 Å². The van der Waals surface area contributed by atoms with E-state index in [0.29, 0.717) is 17.7 Å². The number of hydrogen-bond donors (Lipinski definition) is 2. The number of ether oxygens (including phenoxy) is 2. The van der Waals surface area contributed by atoms with Gasteiger partial charge in [0.15, 0.2) is 0 Å². The summed E-state index contributed by atoms with van der Waals surface area (Å²) in [5.41, 5.74) is 1.32. The van der Waals surface area contributed by atoms with Crippen LogP contribution in [-0.4, -0.2) is 43.3 Å². The Labute approximate surface area is 116 Å². The summed E-state index contributed by atoms with van der Waals surface area (Å²) in [6, 6.07) is 3.10. The SMILES string of the molecule is CCOC(=O)c1cc2c(c(C(=O)NC)c1)OC(CO)C2. The van der Waals surface area contributed by atoms with Crippen molar-refractivity contribution < 1.29 is 24.2 Å². The third kappa shape index (κ3) is 2.60. The summed E-state index contributed by atoms with van der Waals surface area (Å²) in [4.78, 5) is 23.7. The molecule has 1 heterocycles. The number of aliphatic hydroxyl groups is 1. The standard InChI is InChI=1S/C14H17NO5/c1-3-19-14(18)9-4-8-5-10(7-16)20-12(8)11(6-9)13(17)15-2/h4,6,10,16H,3,5,7H2,1-2H3,(H,15,17). The van der Waals surface area contributed by atoms with Crippen molar-refractivity contribution in [1.82, 2.24) is 5.32 Å². The lowest BCUT2D eigenvalue weighted by atomic mass is 10.0. The first-order valence-electron chi connectivity index (χ1n) is 6.44. The molecule has 2 rings (SSSR count). The van der Waals surface area contributed by atoms with Gasteiger partial charge in [0.2, 0.25) is 0 Å². The third-order valence-corrected chi connectivity index (χ3v) is 3.08. The molecule has 6 nitrogen and oxygen atoms in total. The van der Waals surface area contributed by atoms with Crippen molar-refractivity contribution in [2.24, 2.45) is 0 Å². The van der Waals surface area contributed by atoms with E-state index in [1.165, 1.54) is 13.1 Å². The zero-order valence-corrected chi connectivity index (χ0v) is 11.4. The van der Waals surface area contributed by atoms with E-state index < -0.39 is 5.97 Å². The van der Waals surface area contributed by atoms with Crippen molar-refractivity contribution in [3.8, 4) is 5.75 Å². The number of nitrogens with one attached hydrogen (secondary N) is 1. The van der Waals surface area contributed by atoms with Crippen LogP contribution in [0.15, 0.2) is 12.1 Å². The average Bonchev–Trinajstić information content (AvgIpc) is 2.88. The zero-order chi connectivity index (χ0) is 14.7. The topological polar surface area (TPSA) is 84.9 Å². The van der Waals surface area contributed by atoms with Gasteiger partial charge in [-0.05, 0) is 24.6 Å². The lowest BCUT2D eigenvalue weighted by Crippen LogP contribution is -2.21. The Bertz CT molecular complexity index is 541. The lowest BCUT2D eigenvalue weighted by Gasteiger charge is -2.11. The predicted octanol–water partition coefficient (Wildman–Crippen LogP) is 0.519. The molecule has 1 aliphatic heterocycles. The Morgan fingerprint density at radius 3 is 2.85 bits per heavy atom. The molecule has 0 saturated carbocycles. The van der Waals surface area contributed by atoms with E-state index in [9.17, 15) is 14.7 Å². The molecule has 1 unspecified atom stereocenters. The average molecular weight is 279 g/mol. The van der Waals surface area contributed by atoms with Gasteiger partial charge in [-0.15, -0.1) is 0 Å². The second-order valence-corrected chi connectivity index (χ2v) is 4.44. The number of amides is 1. The van der Waals surface area contributed by atoms with Crippen LogP contribution in [0.3, 0.4) is 0 Å². The zero-order valence-electron chi connectivity index (χ0n) is 11.4. The molecule has 6 heteroatoms. The van der Waals surface area contributed by atoms with Crippen molar-refractivity contribution in [2.75, 3.05) is 20.3 Å². The second-order valence-electron chi connectivity index (χ2n) is 4.44. The van der Waals surface area contributed by atoms with Gasteiger partial charge in [-0.3, -0.25) is 4.79 Å². The van der Waals surface area contributed by atoms with E-state index in [1.807, 2.05) is 0 Å². The van der Waals surface area contributed by atoms with E-state index in [0.717, 1.165) is 5.56 Å². The van der Waals surface area contributed by atoms with Crippen LogP contribution in [0.1, 0.15) is 33.2 Å². The minimum Gasteiger partial charge on any atom is -0.487 e. The maximum atomic E-state index is 11.9. The maximum Gasteiger partial charge on any atom is 0.338 e. The van der Waals surface area contributed by atoms with Gasteiger partial charge in [0, 0.05) is 13.5 Å². The number of aliphatic hydroxyl groups excluding tert-OH is 1. The highest BCUT2D eigenvalue weighted by Gasteiger charge is 2.29. The van der Waals surface area contributed by atoms with E-state index in [4.69, 9.17) is 9.47 Å². The van der Waals surface area contributed by atoms with Gasteiger partial charge in [0.25, 0.3) is 5.91 Å². The summed E-state index contributed by atoms with van der Waals surface area (Å²) < 4.78 is 10.5. The lowest BCUT2D eigenvalue weighted by molar-refractivity contribution is 0.0526. The molecular formula is C14H17NO5. The number of carbonyl (C=O) groups is 2. The first-order chi connectivity index (χ1) is 9.60. The largest absolute Gasteiger partial charge is 0.487 e. The smallest absolute Gasteiger partial charge is 0.338 e. The molecule has 0 aliphatic carbocycles. The monoisotopic (exact) mass is 279 g/mol. The van der Waals surface area contributed by atoms with Crippen molar-refractivity contribution in [1.29, 1.82) is 0 Å². The minimum atomic E-state index is -0.479. The third-order valence-electron chi connectivity index (χ3n) is 3.08. The number of fused-ring (bicyclic) bond motifs is 1. The molecule has 1 aromatic rings. The molecule has 1 amide bonds. The highest BCUT2D eigenvalue weighted by molar-refractivity contribution is 6.00. The molecule has 1 aliphatic rings. The first kappa shape index (κ1) is 14.3. The Morgan fingerprint density at radius 1 is 1.50 bits per heavy atom. The van der Waals surface area contributed by atoms with Gasteiger partial charge in [-0.2, -0.15) is 0 Å². The molecule has 1 aromatic carbocycles.